The third kappa shape index (κ3) is 2.53. The molecule has 21 heavy (non-hydrogen) atoms. The highest BCUT2D eigenvalue weighted by Crippen LogP contribution is 2.27. The Hall–Kier alpha value is -1.88. The summed E-state index contributed by atoms with van der Waals surface area (Å²) in [4.78, 5) is 22.1. The van der Waals surface area contributed by atoms with Crippen LogP contribution in [0.5, 0.6) is 0 Å². The number of fused-ring (bicyclic) bond motifs is 1. The number of nitrogens with zero attached hydrogens (tertiary/aromatic N) is 2. The number of amides is 1. The van der Waals surface area contributed by atoms with Crippen LogP contribution in [0.2, 0.25) is 0 Å². The van der Waals surface area contributed by atoms with E-state index in [1.165, 1.54) is 0 Å². The zero-order valence-corrected chi connectivity index (χ0v) is 12.8. The van der Waals surface area contributed by atoms with E-state index in [0.29, 0.717) is 13.2 Å². The van der Waals surface area contributed by atoms with Crippen molar-refractivity contribution in [3.63, 3.8) is 0 Å². The van der Waals surface area contributed by atoms with Gasteiger partial charge in [-0.05, 0) is 38.3 Å². The Balaban J connectivity index is 1.78. The van der Waals surface area contributed by atoms with Crippen LogP contribution in [0.1, 0.15) is 31.2 Å². The molecule has 5 nitrogen and oxygen atoms in total. The van der Waals surface area contributed by atoms with Gasteiger partial charge in [0.2, 0.25) is 0 Å². The third-order valence-electron chi connectivity index (χ3n) is 4.17. The van der Waals surface area contributed by atoms with Gasteiger partial charge in [-0.2, -0.15) is 0 Å². The highest BCUT2D eigenvalue weighted by atomic mass is 16.5. The molecular formula is C16H21N3O2. The van der Waals surface area contributed by atoms with Crippen molar-refractivity contribution in [3.05, 3.63) is 29.6 Å². The maximum Gasteiger partial charge on any atom is 0.254 e. The van der Waals surface area contributed by atoms with Gasteiger partial charge in [0.15, 0.2) is 0 Å². The molecule has 1 aromatic heterocycles. The zero-order valence-electron chi connectivity index (χ0n) is 12.8. The van der Waals surface area contributed by atoms with Crippen LogP contribution >= 0.6 is 0 Å². The van der Waals surface area contributed by atoms with Crippen LogP contribution in [-0.2, 0) is 16.1 Å². The van der Waals surface area contributed by atoms with Crippen molar-refractivity contribution in [1.29, 1.82) is 0 Å². The standard InChI is InChI=1S/C16H21N3O2/c1-11-6-4-7-12-14(11)18-13(17-12)10-19(3)15(20)16(2)8-5-9-21-16/h4,6-7H,5,8-10H2,1-3H3,(H,17,18)/t16-/m1/s1. The predicted octanol–water partition coefficient (Wildman–Crippen LogP) is 2.40. The van der Waals surface area contributed by atoms with E-state index in [2.05, 4.69) is 9.97 Å². The lowest BCUT2D eigenvalue weighted by Gasteiger charge is -2.27. The van der Waals surface area contributed by atoms with Crippen molar-refractivity contribution in [2.24, 2.45) is 0 Å². The highest BCUT2D eigenvalue weighted by Gasteiger charge is 2.39. The molecular weight excluding hydrogens is 266 g/mol. The molecule has 1 saturated heterocycles. The molecule has 1 atom stereocenters. The number of hydrogen-bond donors (Lipinski definition) is 1. The summed E-state index contributed by atoms with van der Waals surface area (Å²) in [5.41, 5.74) is 2.44. The molecule has 3 rings (SSSR count). The Kier molecular flexibility index (Phi) is 3.45. The average Bonchev–Trinajstić information content (AvgIpc) is 3.06. The van der Waals surface area contributed by atoms with E-state index in [4.69, 9.17) is 4.74 Å². The lowest BCUT2D eigenvalue weighted by atomic mass is 10.0. The number of imidazole rings is 1. The highest BCUT2D eigenvalue weighted by molar-refractivity contribution is 5.85. The number of hydrogen-bond acceptors (Lipinski definition) is 3. The van der Waals surface area contributed by atoms with E-state index >= 15 is 0 Å². The first-order valence-electron chi connectivity index (χ1n) is 7.33. The van der Waals surface area contributed by atoms with Gasteiger partial charge in [-0.3, -0.25) is 4.79 Å². The average molecular weight is 287 g/mol. The lowest BCUT2D eigenvalue weighted by Crippen LogP contribution is -2.44. The number of aryl methyl sites for hydroxylation is 1. The Bertz CT molecular complexity index is 671. The van der Waals surface area contributed by atoms with Gasteiger partial charge in [0.25, 0.3) is 5.91 Å². The Morgan fingerprint density at radius 2 is 2.33 bits per heavy atom. The molecule has 1 aliphatic rings. The molecule has 1 amide bonds. The molecule has 0 unspecified atom stereocenters. The normalized spacial score (nSPS) is 21.9. The second kappa shape index (κ2) is 5.15. The number of likely N-dealkylation sites (N-methyl/N-ethyl adjacent to an activating group) is 1. The first kappa shape index (κ1) is 14.1. The smallest absolute Gasteiger partial charge is 0.254 e. The monoisotopic (exact) mass is 287 g/mol. The van der Waals surface area contributed by atoms with Crippen LogP contribution in [0.3, 0.4) is 0 Å². The number of aromatic amines is 1. The van der Waals surface area contributed by atoms with Crippen molar-refractivity contribution in [2.45, 2.75) is 38.8 Å². The molecule has 0 spiro atoms. The van der Waals surface area contributed by atoms with E-state index < -0.39 is 5.60 Å². The number of carbonyl (C=O) groups excluding carboxylic acids is 1. The molecule has 2 heterocycles. The van der Waals surface area contributed by atoms with Gasteiger partial charge in [0, 0.05) is 13.7 Å². The van der Waals surface area contributed by atoms with Crippen molar-refractivity contribution in [2.75, 3.05) is 13.7 Å². The van der Waals surface area contributed by atoms with Crippen molar-refractivity contribution >= 4 is 16.9 Å². The maximum absolute atomic E-state index is 12.5. The van der Waals surface area contributed by atoms with Gasteiger partial charge >= 0.3 is 0 Å². The summed E-state index contributed by atoms with van der Waals surface area (Å²) in [5, 5.41) is 0. The minimum Gasteiger partial charge on any atom is -0.365 e. The number of aromatic nitrogens is 2. The second-order valence-corrected chi connectivity index (χ2v) is 6.00. The molecule has 1 fully saturated rings. The van der Waals surface area contributed by atoms with Crippen LogP contribution in [0.25, 0.3) is 11.0 Å². The summed E-state index contributed by atoms with van der Waals surface area (Å²) in [6, 6.07) is 6.04. The van der Waals surface area contributed by atoms with E-state index in [1.54, 1.807) is 11.9 Å². The minimum absolute atomic E-state index is 0.0252. The van der Waals surface area contributed by atoms with Gasteiger partial charge in [0.1, 0.15) is 11.4 Å². The summed E-state index contributed by atoms with van der Waals surface area (Å²) >= 11 is 0. The number of benzene rings is 1. The van der Waals surface area contributed by atoms with E-state index in [9.17, 15) is 4.79 Å². The van der Waals surface area contributed by atoms with Gasteiger partial charge in [0.05, 0.1) is 17.6 Å². The Morgan fingerprint density at radius 1 is 1.52 bits per heavy atom. The van der Waals surface area contributed by atoms with Crippen molar-refractivity contribution in [1.82, 2.24) is 14.9 Å². The molecule has 0 aliphatic carbocycles. The SMILES string of the molecule is Cc1cccc2[nH]c(CN(C)C(=O)[C@@]3(C)CCCO3)nc12. The quantitative estimate of drug-likeness (QED) is 0.943. The lowest BCUT2D eigenvalue weighted by molar-refractivity contribution is -0.150. The van der Waals surface area contributed by atoms with Gasteiger partial charge in [-0.25, -0.2) is 4.98 Å². The van der Waals surface area contributed by atoms with Gasteiger partial charge < -0.3 is 14.6 Å². The molecule has 0 bridgehead atoms. The maximum atomic E-state index is 12.5. The third-order valence-corrected chi connectivity index (χ3v) is 4.17. The number of rotatable bonds is 3. The van der Waals surface area contributed by atoms with E-state index in [1.807, 2.05) is 32.0 Å². The molecule has 0 saturated carbocycles. The number of ether oxygens (including phenoxy) is 1. The Labute approximate surface area is 124 Å². The van der Waals surface area contributed by atoms with Gasteiger partial charge in [-0.1, -0.05) is 12.1 Å². The number of carbonyl (C=O) groups is 1. The predicted molar refractivity (Wildman–Crippen MR) is 80.9 cm³/mol. The van der Waals surface area contributed by atoms with E-state index in [-0.39, 0.29) is 5.91 Å². The van der Waals surface area contributed by atoms with Crippen molar-refractivity contribution in [3.8, 4) is 0 Å². The summed E-state index contributed by atoms with van der Waals surface area (Å²) in [5.74, 6) is 0.828. The fourth-order valence-electron chi connectivity index (χ4n) is 2.95. The zero-order chi connectivity index (χ0) is 15.0. The fraction of sp³-hybridized carbons (Fsp3) is 0.500. The first-order chi connectivity index (χ1) is 9.99. The summed E-state index contributed by atoms with van der Waals surface area (Å²) < 4.78 is 5.62. The Morgan fingerprint density at radius 3 is 3.00 bits per heavy atom. The first-order valence-corrected chi connectivity index (χ1v) is 7.33. The number of nitrogens with one attached hydrogen (secondary N) is 1. The summed E-state index contributed by atoms with van der Waals surface area (Å²) in [6.07, 6.45) is 1.73. The molecule has 112 valence electrons. The van der Waals surface area contributed by atoms with E-state index in [0.717, 1.165) is 35.3 Å². The molecule has 2 aromatic rings. The van der Waals surface area contributed by atoms with Gasteiger partial charge in [-0.15, -0.1) is 0 Å². The topological polar surface area (TPSA) is 58.2 Å². The number of para-hydroxylation sites is 1. The van der Waals surface area contributed by atoms with Crippen molar-refractivity contribution < 1.29 is 9.53 Å². The van der Waals surface area contributed by atoms with Crippen LogP contribution in [-0.4, -0.2) is 40.0 Å². The fourth-order valence-corrected chi connectivity index (χ4v) is 2.95. The number of H-pyrrole nitrogens is 1. The largest absolute Gasteiger partial charge is 0.365 e. The second-order valence-electron chi connectivity index (χ2n) is 6.00. The molecule has 5 heteroatoms. The molecule has 0 radical (unpaired) electrons. The summed E-state index contributed by atoms with van der Waals surface area (Å²) in [7, 11) is 1.80. The molecule has 1 aromatic carbocycles. The molecule has 1 N–H and O–H groups in total. The van der Waals surface area contributed by atoms with Crippen LogP contribution < -0.4 is 0 Å². The van der Waals surface area contributed by atoms with Crippen LogP contribution in [0, 0.1) is 6.92 Å². The molecule has 1 aliphatic heterocycles. The minimum atomic E-state index is -0.670. The van der Waals surface area contributed by atoms with Crippen LogP contribution in [0.4, 0.5) is 0 Å². The van der Waals surface area contributed by atoms with Crippen LogP contribution in [0.15, 0.2) is 18.2 Å². The summed E-state index contributed by atoms with van der Waals surface area (Å²) in [6.45, 7) is 5.04.